The molecule has 1 atom stereocenters. The van der Waals surface area contributed by atoms with Crippen molar-refractivity contribution in [3.63, 3.8) is 0 Å². The highest BCUT2D eigenvalue weighted by Crippen LogP contribution is 2.23. The molecule has 2 N–H and O–H groups in total. The summed E-state index contributed by atoms with van der Waals surface area (Å²) in [6.45, 7) is 5.97. The zero-order chi connectivity index (χ0) is 16.3. The van der Waals surface area contributed by atoms with Gasteiger partial charge in [-0.15, -0.1) is 11.3 Å². The molecule has 1 rings (SSSR count). The van der Waals surface area contributed by atoms with Crippen LogP contribution in [-0.2, 0) is 20.6 Å². The molecule has 0 saturated carbocycles. The zero-order valence-corrected chi connectivity index (χ0v) is 15.7. The molecule has 1 heterocycles. The smallest absolute Gasteiger partial charge is 0.250 e. The van der Waals surface area contributed by atoms with E-state index < -0.39 is 22.0 Å². The number of nitrogens with one attached hydrogen (secondary N) is 2. The molecule has 120 valence electrons. The summed E-state index contributed by atoms with van der Waals surface area (Å²) in [6, 6.07) is -0.557. The summed E-state index contributed by atoms with van der Waals surface area (Å²) < 4.78 is 26.8. The van der Waals surface area contributed by atoms with Gasteiger partial charge in [-0.05, 0) is 34.8 Å². The molecule has 0 aliphatic heterocycles. The monoisotopic (exact) mass is 397 g/mol. The van der Waals surface area contributed by atoms with Gasteiger partial charge in [-0.25, -0.2) is 13.4 Å². The number of rotatable bonds is 6. The summed E-state index contributed by atoms with van der Waals surface area (Å²) in [5.41, 5.74) is 1.86. The maximum Gasteiger partial charge on any atom is 0.250 e. The Balaban J connectivity index is 2.74. The lowest BCUT2D eigenvalue weighted by Crippen LogP contribution is -2.46. The molecular formula is C12H20BrN3O3S2. The Hall–Kier alpha value is -0.510. The average Bonchev–Trinajstić information content (AvgIpc) is 2.69. The number of thiazole rings is 1. The highest BCUT2D eigenvalue weighted by Gasteiger charge is 2.27. The van der Waals surface area contributed by atoms with Gasteiger partial charge in [0.2, 0.25) is 10.0 Å². The molecule has 1 aromatic rings. The van der Waals surface area contributed by atoms with E-state index in [2.05, 4.69) is 31.0 Å². The van der Waals surface area contributed by atoms with Crippen molar-refractivity contribution in [3.05, 3.63) is 15.0 Å². The molecule has 0 aliphatic rings. The molecule has 0 aromatic carbocycles. The molecule has 9 heteroatoms. The van der Waals surface area contributed by atoms with Crippen LogP contribution in [0.5, 0.6) is 0 Å². The van der Waals surface area contributed by atoms with E-state index in [0.29, 0.717) is 15.9 Å². The number of amides is 1. The van der Waals surface area contributed by atoms with Crippen molar-refractivity contribution in [2.75, 3.05) is 7.05 Å². The van der Waals surface area contributed by atoms with Crippen molar-refractivity contribution in [1.29, 1.82) is 0 Å². The Morgan fingerprint density at radius 1 is 1.48 bits per heavy atom. The van der Waals surface area contributed by atoms with Gasteiger partial charge in [-0.2, -0.15) is 0 Å². The second-order valence-electron chi connectivity index (χ2n) is 5.90. The Morgan fingerprint density at radius 2 is 2.10 bits per heavy atom. The molecule has 0 fully saturated rings. The predicted octanol–water partition coefficient (Wildman–Crippen LogP) is 1.88. The van der Waals surface area contributed by atoms with E-state index in [4.69, 9.17) is 0 Å². The van der Waals surface area contributed by atoms with Crippen LogP contribution in [0.25, 0.3) is 0 Å². The van der Waals surface area contributed by atoms with Crippen LogP contribution in [0.1, 0.15) is 32.9 Å². The molecule has 1 aromatic heterocycles. The van der Waals surface area contributed by atoms with Gasteiger partial charge in [-0.1, -0.05) is 20.8 Å². The zero-order valence-electron chi connectivity index (χ0n) is 12.4. The number of hydrogen-bond donors (Lipinski definition) is 2. The standard InChI is InChI=1S/C12H20BrN3O3S2/c1-12(2,3)5-8(14-4)11(17)16-21(18,19)6-9-10(13)20-7-15-9/h7-8,14H,5-6H2,1-4H3,(H,16,17). The third-order valence-corrected chi connectivity index (χ3v) is 5.49. The third-order valence-electron chi connectivity index (χ3n) is 2.66. The average molecular weight is 398 g/mol. The molecular weight excluding hydrogens is 378 g/mol. The SMILES string of the molecule is CNC(CC(C)(C)C)C(=O)NS(=O)(=O)Cc1ncsc1Br. The number of sulfonamides is 1. The predicted molar refractivity (Wildman–Crippen MR) is 87.5 cm³/mol. The van der Waals surface area contributed by atoms with E-state index >= 15 is 0 Å². The van der Waals surface area contributed by atoms with Crippen molar-refractivity contribution < 1.29 is 13.2 Å². The van der Waals surface area contributed by atoms with Crippen LogP contribution in [0.15, 0.2) is 9.30 Å². The van der Waals surface area contributed by atoms with Crippen molar-refractivity contribution in [3.8, 4) is 0 Å². The Labute approximate surface area is 137 Å². The minimum absolute atomic E-state index is 0.0906. The summed E-state index contributed by atoms with van der Waals surface area (Å²) in [4.78, 5) is 16.1. The summed E-state index contributed by atoms with van der Waals surface area (Å²) in [5.74, 6) is -0.867. The Bertz CT molecular complexity index is 593. The first kappa shape index (κ1) is 18.5. The molecule has 0 spiro atoms. The van der Waals surface area contributed by atoms with Crippen molar-refractivity contribution in [2.45, 2.75) is 39.0 Å². The third kappa shape index (κ3) is 6.41. The van der Waals surface area contributed by atoms with Crippen molar-refractivity contribution >= 4 is 43.2 Å². The summed E-state index contributed by atoms with van der Waals surface area (Å²) >= 11 is 4.53. The molecule has 0 aliphatic carbocycles. The van der Waals surface area contributed by atoms with E-state index in [-0.39, 0.29) is 11.2 Å². The quantitative estimate of drug-likeness (QED) is 0.764. The fraction of sp³-hybridized carbons (Fsp3) is 0.667. The summed E-state index contributed by atoms with van der Waals surface area (Å²) in [5, 5.41) is 2.85. The van der Waals surface area contributed by atoms with Gasteiger partial charge < -0.3 is 5.32 Å². The first-order chi connectivity index (χ1) is 9.54. The van der Waals surface area contributed by atoms with Crippen LogP contribution < -0.4 is 10.0 Å². The first-order valence-electron chi connectivity index (χ1n) is 6.33. The van der Waals surface area contributed by atoms with Crippen molar-refractivity contribution in [2.24, 2.45) is 5.41 Å². The van der Waals surface area contributed by atoms with Crippen LogP contribution in [0.4, 0.5) is 0 Å². The Morgan fingerprint density at radius 3 is 2.52 bits per heavy atom. The number of likely N-dealkylation sites (N-methyl/N-ethyl adjacent to an activating group) is 1. The largest absolute Gasteiger partial charge is 0.309 e. The number of nitrogens with zero attached hydrogens (tertiary/aromatic N) is 1. The minimum Gasteiger partial charge on any atom is -0.309 e. The van der Waals surface area contributed by atoms with Gasteiger partial charge >= 0.3 is 0 Å². The van der Waals surface area contributed by atoms with E-state index in [9.17, 15) is 13.2 Å². The topological polar surface area (TPSA) is 88.2 Å². The maximum atomic E-state index is 12.1. The molecule has 6 nitrogen and oxygen atoms in total. The number of aromatic nitrogens is 1. The van der Waals surface area contributed by atoms with Crippen LogP contribution in [0.2, 0.25) is 0 Å². The Kier molecular flexibility index (Phi) is 6.33. The summed E-state index contributed by atoms with van der Waals surface area (Å²) in [6.07, 6.45) is 0.533. The van der Waals surface area contributed by atoms with Crippen LogP contribution in [0, 0.1) is 5.41 Å². The first-order valence-corrected chi connectivity index (χ1v) is 9.66. The van der Waals surface area contributed by atoms with Crippen LogP contribution in [0.3, 0.4) is 0 Å². The lowest BCUT2D eigenvalue weighted by molar-refractivity contribution is -0.121. The number of halogens is 1. The number of carbonyl (C=O) groups excluding carboxylic acids is 1. The fourth-order valence-electron chi connectivity index (χ4n) is 1.73. The normalized spacial score (nSPS) is 14.0. The molecule has 1 amide bonds. The van der Waals surface area contributed by atoms with Gasteiger partial charge in [0.05, 0.1) is 21.0 Å². The molecule has 0 radical (unpaired) electrons. The van der Waals surface area contributed by atoms with Gasteiger partial charge in [0.25, 0.3) is 5.91 Å². The van der Waals surface area contributed by atoms with Gasteiger partial charge in [0.15, 0.2) is 0 Å². The fourth-order valence-corrected chi connectivity index (χ4v) is 4.13. The lowest BCUT2D eigenvalue weighted by Gasteiger charge is -2.24. The van der Waals surface area contributed by atoms with Gasteiger partial charge in [0.1, 0.15) is 5.75 Å². The van der Waals surface area contributed by atoms with E-state index in [1.807, 2.05) is 20.8 Å². The molecule has 0 bridgehead atoms. The van der Waals surface area contributed by atoms with Crippen molar-refractivity contribution in [1.82, 2.24) is 15.0 Å². The van der Waals surface area contributed by atoms with Crippen LogP contribution >= 0.6 is 27.3 Å². The minimum atomic E-state index is -3.76. The lowest BCUT2D eigenvalue weighted by atomic mass is 9.88. The summed E-state index contributed by atoms with van der Waals surface area (Å²) in [7, 11) is -2.12. The molecule has 21 heavy (non-hydrogen) atoms. The molecule has 1 unspecified atom stereocenters. The second-order valence-corrected chi connectivity index (χ2v) is 9.80. The maximum absolute atomic E-state index is 12.1. The van der Waals surface area contributed by atoms with E-state index in [0.717, 1.165) is 0 Å². The van der Waals surface area contributed by atoms with Crippen LogP contribution in [-0.4, -0.2) is 32.4 Å². The number of carbonyl (C=O) groups is 1. The van der Waals surface area contributed by atoms with E-state index in [1.165, 1.54) is 11.3 Å². The highest BCUT2D eigenvalue weighted by molar-refractivity contribution is 9.11. The molecule has 0 saturated heterocycles. The second kappa shape index (κ2) is 7.17. The number of hydrogen-bond acceptors (Lipinski definition) is 6. The van der Waals surface area contributed by atoms with E-state index in [1.54, 1.807) is 12.6 Å². The van der Waals surface area contributed by atoms with Gasteiger partial charge in [0, 0.05) is 0 Å². The highest BCUT2D eigenvalue weighted by atomic mass is 79.9. The van der Waals surface area contributed by atoms with Gasteiger partial charge in [-0.3, -0.25) is 9.52 Å².